The molecule has 0 aromatic carbocycles. The Morgan fingerprint density at radius 1 is 1.32 bits per heavy atom. The van der Waals surface area contributed by atoms with Gasteiger partial charge in [0.15, 0.2) is 5.69 Å². The number of H-pyrrole nitrogens is 1. The van der Waals surface area contributed by atoms with Gasteiger partial charge in [0.1, 0.15) is 12.1 Å². The summed E-state index contributed by atoms with van der Waals surface area (Å²) in [4.78, 5) is 6.98. The zero-order chi connectivity index (χ0) is 13.9. The fraction of sp³-hybridized carbons (Fsp3) is 0.333. The van der Waals surface area contributed by atoms with Crippen LogP contribution in [0.2, 0.25) is 0 Å². The lowest BCUT2D eigenvalue weighted by Crippen LogP contribution is -2.13. The summed E-state index contributed by atoms with van der Waals surface area (Å²) >= 11 is 2.85. The van der Waals surface area contributed by atoms with Crippen LogP contribution < -0.4 is 5.32 Å². The van der Waals surface area contributed by atoms with Gasteiger partial charge in [0.2, 0.25) is 0 Å². The van der Waals surface area contributed by atoms with Crippen molar-refractivity contribution >= 4 is 21.7 Å². The Bertz CT molecular complexity index is 541. The molecule has 2 aromatic rings. The Kier molecular flexibility index (Phi) is 3.98. The third-order valence-corrected chi connectivity index (χ3v) is 2.95. The zero-order valence-electron chi connectivity index (χ0n) is 9.37. The molecule has 0 unspecified atom stereocenters. The monoisotopic (exact) mass is 336 g/mol. The third-order valence-electron chi connectivity index (χ3n) is 2.20. The predicted molar refractivity (Wildman–Crippen MR) is 63.3 cm³/mol. The van der Waals surface area contributed by atoms with Gasteiger partial charge in [-0.25, -0.2) is 9.97 Å². The van der Waals surface area contributed by atoms with Crippen molar-refractivity contribution in [2.45, 2.75) is 12.6 Å². The topological polar surface area (TPSA) is 79.4 Å². The highest BCUT2D eigenvalue weighted by Crippen LogP contribution is 2.35. The van der Waals surface area contributed by atoms with Crippen LogP contribution in [0.4, 0.5) is 19.0 Å². The van der Waals surface area contributed by atoms with Crippen molar-refractivity contribution in [1.82, 2.24) is 25.4 Å². The molecule has 0 amide bonds. The normalized spacial score (nSPS) is 11.6. The van der Waals surface area contributed by atoms with E-state index in [0.29, 0.717) is 18.7 Å². The molecule has 0 bridgehead atoms. The Morgan fingerprint density at radius 3 is 2.74 bits per heavy atom. The van der Waals surface area contributed by atoms with Crippen LogP contribution in [0.15, 0.2) is 17.0 Å². The number of anilines is 1. The number of hydrogen-bond acceptors (Lipinski definition) is 5. The summed E-state index contributed by atoms with van der Waals surface area (Å²) in [6.07, 6.45) is -1.61. The van der Waals surface area contributed by atoms with E-state index in [4.69, 9.17) is 0 Å². The Balaban J connectivity index is 2.04. The van der Waals surface area contributed by atoms with Crippen LogP contribution >= 0.6 is 15.9 Å². The van der Waals surface area contributed by atoms with Crippen molar-refractivity contribution in [2.75, 3.05) is 11.9 Å². The molecule has 0 radical (unpaired) electrons. The van der Waals surface area contributed by atoms with E-state index in [1.54, 1.807) is 0 Å². The molecule has 0 aliphatic heterocycles. The number of rotatable bonds is 4. The van der Waals surface area contributed by atoms with Gasteiger partial charge in [0.05, 0.1) is 16.4 Å². The minimum absolute atomic E-state index is 0.0887. The highest BCUT2D eigenvalue weighted by molar-refractivity contribution is 9.10. The molecular formula is C9H8BrF3N6. The largest absolute Gasteiger partial charge is 0.434 e. The smallest absolute Gasteiger partial charge is 0.369 e. The number of hydrogen-bond donors (Lipinski definition) is 2. The van der Waals surface area contributed by atoms with Crippen LogP contribution in [-0.4, -0.2) is 31.9 Å². The first-order chi connectivity index (χ1) is 8.98. The van der Waals surface area contributed by atoms with Crippen molar-refractivity contribution in [3.05, 3.63) is 28.4 Å². The zero-order valence-corrected chi connectivity index (χ0v) is 11.0. The van der Waals surface area contributed by atoms with Crippen molar-refractivity contribution in [2.24, 2.45) is 0 Å². The number of halogens is 4. The van der Waals surface area contributed by atoms with Crippen LogP contribution in [0.25, 0.3) is 0 Å². The van der Waals surface area contributed by atoms with Crippen LogP contribution in [0.1, 0.15) is 11.4 Å². The summed E-state index contributed by atoms with van der Waals surface area (Å²) in [7, 11) is 0. The second-order valence-corrected chi connectivity index (χ2v) is 4.31. The van der Waals surface area contributed by atoms with Gasteiger partial charge in [-0.3, -0.25) is 0 Å². The maximum absolute atomic E-state index is 12.6. The summed E-state index contributed by atoms with van der Waals surface area (Å²) in [6.45, 7) is 0.374. The predicted octanol–water partition coefficient (Wildman–Crippen LogP) is 2.03. The van der Waals surface area contributed by atoms with Gasteiger partial charge in [0.25, 0.3) is 0 Å². The van der Waals surface area contributed by atoms with Crippen LogP contribution in [0, 0.1) is 0 Å². The summed E-state index contributed by atoms with van der Waals surface area (Å²) in [6, 6.07) is 0. The average Bonchev–Trinajstić information content (AvgIpc) is 2.83. The SMILES string of the molecule is FC(F)(F)c1ncnc(NCCc2cn[nH]n2)c1Br. The van der Waals surface area contributed by atoms with Crippen molar-refractivity contribution in [3.63, 3.8) is 0 Å². The molecular weight excluding hydrogens is 329 g/mol. The molecule has 0 saturated heterocycles. The van der Waals surface area contributed by atoms with Gasteiger partial charge in [0, 0.05) is 13.0 Å². The molecule has 2 heterocycles. The van der Waals surface area contributed by atoms with E-state index < -0.39 is 11.9 Å². The minimum atomic E-state index is -4.52. The first-order valence-electron chi connectivity index (χ1n) is 5.14. The lowest BCUT2D eigenvalue weighted by molar-refractivity contribution is -0.141. The Morgan fingerprint density at radius 2 is 2.11 bits per heavy atom. The molecule has 102 valence electrons. The van der Waals surface area contributed by atoms with Crippen molar-refractivity contribution < 1.29 is 13.2 Å². The maximum atomic E-state index is 12.6. The second kappa shape index (κ2) is 5.51. The van der Waals surface area contributed by atoms with E-state index in [2.05, 4.69) is 46.6 Å². The number of aromatic amines is 1. The van der Waals surface area contributed by atoms with E-state index in [9.17, 15) is 13.2 Å². The first-order valence-corrected chi connectivity index (χ1v) is 5.94. The highest BCUT2D eigenvalue weighted by atomic mass is 79.9. The molecule has 2 aromatic heterocycles. The number of aromatic nitrogens is 5. The second-order valence-electron chi connectivity index (χ2n) is 3.52. The third kappa shape index (κ3) is 3.40. The molecule has 0 atom stereocenters. The average molecular weight is 337 g/mol. The lowest BCUT2D eigenvalue weighted by atomic mass is 10.3. The van der Waals surface area contributed by atoms with Crippen molar-refractivity contribution in [3.8, 4) is 0 Å². The molecule has 0 aliphatic carbocycles. The molecule has 6 nitrogen and oxygen atoms in total. The summed E-state index contributed by atoms with van der Waals surface area (Å²) in [5.74, 6) is 0.0887. The van der Waals surface area contributed by atoms with Gasteiger partial charge in [-0.15, -0.1) is 0 Å². The molecule has 0 aliphatic rings. The molecule has 10 heteroatoms. The van der Waals surface area contributed by atoms with E-state index >= 15 is 0 Å². The number of nitrogens with one attached hydrogen (secondary N) is 2. The molecule has 0 saturated carbocycles. The molecule has 2 N–H and O–H groups in total. The van der Waals surface area contributed by atoms with Crippen LogP contribution in [0.5, 0.6) is 0 Å². The molecule has 19 heavy (non-hydrogen) atoms. The van der Waals surface area contributed by atoms with E-state index in [-0.39, 0.29) is 10.3 Å². The molecule has 2 rings (SSSR count). The van der Waals surface area contributed by atoms with E-state index in [0.717, 1.165) is 6.33 Å². The number of alkyl halides is 3. The van der Waals surface area contributed by atoms with Gasteiger partial charge in [-0.2, -0.15) is 28.6 Å². The summed E-state index contributed by atoms with van der Waals surface area (Å²) in [5, 5.41) is 12.7. The maximum Gasteiger partial charge on any atom is 0.434 e. The summed E-state index contributed by atoms with van der Waals surface area (Å²) < 4.78 is 37.6. The van der Waals surface area contributed by atoms with Gasteiger partial charge >= 0.3 is 6.18 Å². The Labute approximate surface area is 114 Å². The molecule has 0 fully saturated rings. The number of nitrogens with zero attached hydrogens (tertiary/aromatic N) is 4. The first kappa shape index (κ1) is 13.7. The van der Waals surface area contributed by atoms with E-state index in [1.807, 2.05) is 0 Å². The highest BCUT2D eigenvalue weighted by Gasteiger charge is 2.36. The fourth-order valence-electron chi connectivity index (χ4n) is 1.35. The Hall–Kier alpha value is -1.71. The van der Waals surface area contributed by atoms with Gasteiger partial charge in [-0.05, 0) is 15.9 Å². The minimum Gasteiger partial charge on any atom is -0.369 e. The van der Waals surface area contributed by atoms with Crippen molar-refractivity contribution in [1.29, 1.82) is 0 Å². The van der Waals surface area contributed by atoms with Gasteiger partial charge < -0.3 is 5.32 Å². The fourth-order valence-corrected chi connectivity index (χ4v) is 1.92. The van der Waals surface area contributed by atoms with E-state index in [1.165, 1.54) is 6.20 Å². The summed E-state index contributed by atoms with van der Waals surface area (Å²) in [5.41, 5.74) is -0.305. The van der Waals surface area contributed by atoms with Crippen LogP contribution in [-0.2, 0) is 12.6 Å². The molecule has 0 spiro atoms. The quantitative estimate of drug-likeness (QED) is 0.893. The lowest BCUT2D eigenvalue weighted by Gasteiger charge is -2.11. The van der Waals surface area contributed by atoms with Crippen LogP contribution in [0.3, 0.4) is 0 Å². The standard InChI is InChI=1S/C9H8BrF3N6/c10-6-7(9(11,12)13)15-4-16-8(6)14-2-1-5-3-17-19-18-5/h3-4H,1-2H2,(H,14,15,16)(H,17,18,19). The van der Waals surface area contributed by atoms with Gasteiger partial charge in [-0.1, -0.05) is 0 Å².